The molecule has 0 saturated carbocycles. The summed E-state index contributed by atoms with van der Waals surface area (Å²) in [5.41, 5.74) is 3.38. The number of aryl methyl sites for hydroxylation is 1. The second-order valence-corrected chi connectivity index (χ2v) is 7.32. The van der Waals surface area contributed by atoms with E-state index in [0.29, 0.717) is 25.5 Å². The number of likely N-dealkylation sites (N-methyl/N-ethyl adjacent to an activating group) is 1. The minimum Gasteiger partial charge on any atom is -0.492 e. The Morgan fingerprint density at radius 2 is 2.07 bits per heavy atom. The summed E-state index contributed by atoms with van der Waals surface area (Å²) in [6.07, 6.45) is 1.58. The van der Waals surface area contributed by atoms with E-state index < -0.39 is 5.92 Å². The van der Waals surface area contributed by atoms with Crippen molar-refractivity contribution in [2.24, 2.45) is 0 Å². The first-order valence-electron chi connectivity index (χ1n) is 9.56. The highest BCUT2D eigenvalue weighted by molar-refractivity contribution is 5.99. The third-order valence-electron chi connectivity index (χ3n) is 5.06. The van der Waals surface area contributed by atoms with Crippen LogP contribution < -0.4 is 4.74 Å². The number of carbonyl (C=O) groups is 1. The zero-order valence-electron chi connectivity index (χ0n) is 16.5. The summed E-state index contributed by atoms with van der Waals surface area (Å²) in [5, 5.41) is 9.78. The SMILES string of the molecule is Cc1cccc(OCCN(C)CC2=CC(=O)n3c(nc4ccccc43)C2C#N)c1. The lowest BCUT2D eigenvalue weighted by Gasteiger charge is -2.24. The number of para-hydroxylation sites is 2. The van der Waals surface area contributed by atoms with Gasteiger partial charge in [-0.2, -0.15) is 5.26 Å². The molecule has 6 heteroatoms. The monoisotopic (exact) mass is 386 g/mol. The standard InChI is InChI=1S/C23H22N4O2/c1-16-6-5-7-18(12-16)29-11-10-26(2)15-17-13-22(28)27-21-9-4-3-8-20(21)25-23(27)19(17)14-24/h3-9,12-13,19H,10-11,15H2,1-2H3. The highest BCUT2D eigenvalue weighted by Gasteiger charge is 2.31. The van der Waals surface area contributed by atoms with E-state index in [1.165, 1.54) is 0 Å². The highest BCUT2D eigenvalue weighted by Crippen LogP contribution is 2.31. The topological polar surface area (TPSA) is 71.2 Å². The number of ether oxygens (including phenoxy) is 1. The number of aromatic nitrogens is 2. The number of hydrogen-bond donors (Lipinski definition) is 0. The van der Waals surface area contributed by atoms with Crippen molar-refractivity contribution in [1.29, 1.82) is 5.26 Å². The van der Waals surface area contributed by atoms with Gasteiger partial charge in [0, 0.05) is 19.2 Å². The summed E-state index contributed by atoms with van der Waals surface area (Å²) in [5.74, 6) is 0.648. The van der Waals surface area contributed by atoms with Gasteiger partial charge in [-0.15, -0.1) is 0 Å². The van der Waals surface area contributed by atoms with Crippen LogP contribution >= 0.6 is 0 Å². The van der Waals surface area contributed by atoms with Crippen molar-refractivity contribution in [3.8, 4) is 11.8 Å². The number of hydrogen-bond acceptors (Lipinski definition) is 5. The van der Waals surface area contributed by atoms with Crippen LogP contribution in [0.1, 0.15) is 22.1 Å². The number of rotatable bonds is 6. The Hall–Kier alpha value is -3.43. The number of allylic oxidation sites excluding steroid dienone is 1. The van der Waals surface area contributed by atoms with E-state index in [2.05, 4.69) is 16.0 Å². The van der Waals surface area contributed by atoms with Crippen LogP contribution in [-0.4, -0.2) is 47.1 Å². The number of benzene rings is 2. The first-order chi connectivity index (χ1) is 14.1. The quantitative estimate of drug-likeness (QED) is 0.648. The molecule has 1 unspecified atom stereocenters. The Kier molecular flexibility index (Phi) is 5.15. The molecule has 1 atom stereocenters. The fraction of sp³-hybridized carbons (Fsp3) is 0.261. The summed E-state index contributed by atoms with van der Waals surface area (Å²) in [4.78, 5) is 19.4. The van der Waals surface area contributed by atoms with Gasteiger partial charge >= 0.3 is 0 Å². The molecule has 6 nitrogen and oxygen atoms in total. The van der Waals surface area contributed by atoms with Crippen LogP contribution in [0.15, 0.2) is 60.2 Å². The van der Waals surface area contributed by atoms with Crippen molar-refractivity contribution >= 4 is 16.9 Å². The average molecular weight is 386 g/mol. The minimum atomic E-state index is -0.541. The molecule has 0 N–H and O–H groups in total. The van der Waals surface area contributed by atoms with Crippen molar-refractivity contribution in [2.45, 2.75) is 12.8 Å². The van der Waals surface area contributed by atoms with Crippen molar-refractivity contribution in [1.82, 2.24) is 14.5 Å². The van der Waals surface area contributed by atoms with E-state index in [1.54, 1.807) is 10.6 Å². The summed E-state index contributed by atoms with van der Waals surface area (Å²) in [6, 6.07) is 17.7. The average Bonchev–Trinajstić information content (AvgIpc) is 3.08. The maximum absolute atomic E-state index is 12.7. The zero-order chi connectivity index (χ0) is 20.4. The Morgan fingerprint density at radius 1 is 1.24 bits per heavy atom. The highest BCUT2D eigenvalue weighted by atomic mass is 16.5. The second-order valence-electron chi connectivity index (χ2n) is 7.32. The van der Waals surface area contributed by atoms with E-state index in [0.717, 1.165) is 27.9 Å². The number of fused-ring (bicyclic) bond motifs is 3. The van der Waals surface area contributed by atoms with Crippen LogP contribution in [-0.2, 0) is 0 Å². The van der Waals surface area contributed by atoms with Crippen LogP contribution in [0.3, 0.4) is 0 Å². The molecular formula is C23H22N4O2. The van der Waals surface area contributed by atoms with Gasteiger partial charge in [-0.3, -0.25) is 14.3 Å². The predicted octanol–water partition coefficient (Wildman–Crippen LogP) is 3.54. The molecule has 29 heavy (non-hydrogen) atoms. The maximum Gasteiger partial charge on any atom is 0.256 e. The van der Waals surface area contributed by atoms with Gasteiger partial charge in [-0.1, -0.05) is 24.3 Å². The number of imidazole rings is 1. The van der Waals surface area contributed by atoms with Gasteiger partial charge in [0.05, 0.1) is 17.1 Å². The Morgan fingerprint density at radius 3 is 2.86 bits per heavy atom. The smallest absolute Gasteiger partial charge is 0.256 e. The van der Waals surface area contributed by atoms with Crippen LogP contribution in [0.25, 0.3) is 11.0 Å². The van der Waals surface area contributed by atoms with Gasteiger partial charge in [0.15, 0.2) is 0 Å². The van der Waals surface area contributed by atoms with E-state index in [4.69, 9.17) is 4.74 Å². The summed E-state index contributed by atoms with van der Waals surface area (Å²) in [6.45, 7) is 3.73. The van der Waals surface area contributed by atoms with Gasteiger partial charge in [0.25, 0.3) is 5.91 Å². The normalized spacial score (nSPS) is 15.9. The lowest BCUT2D eigenvalue weighted by Crippen LogP contribution is -2.31. The summed E-state index contributed by atoms with van der Waals surface area (Å²) >= 11 is 0. The third kappa shape index (κ3) is 3.78. The molecule has 0 radical (unpaired) electrons. The van der Waals surface area contributed by atoms with Crippen LogP contribution in [0.2, 0.25) is 0 Å². The first kappa shape index (κ1) is 18.9. The molecular weight excluding hydrogens is 364 g/mol. The molecule has 2 aromatic carbocycles. The fourth-order valence-corrected chi connectivity index (χ4v) is 3.63. The summed E-state index contributed by atoms with van der Waals surface area (Å²) in [7, 11) is 1.96. The molecule has 3 aromatic rings. The van der Waals surface area contributed by atoms with Crippen molar-refractivity contribution in [3.63, 3.8) is 0 Å². The Bertz CT molecular complexity index is 1140. The largest absolute Gasteiger partial charge is 0.492 e. The molecule has 1 aromatic heterocycles. The third-order valence-corrected chi connectivity index (χ3v) is 5.06. The molecule has 4 rings (SSSR count). The van der Waals surface area contributed by atoms with E-state index in [-0.39, 0.29) is 5.91 Å². The first-order valence-corrected chi connectivity index (χ1v) is 9.56. The minimum absolute atomic E-state index is 0.153. The number of nitriles is 1. The molecule has 1 aliphatic heterocycles. The van der Waals surface area contributed by atoms with Gasteiger partial charge in [-0.05, 0) is 49.4 Å². The van der Waals surface area contributed by atoms with Crippen LogP contribution in [0, 0.1) is 18.3 Å². The van der Waals surface area contributed by atoms with Crippen molar-refractivity contribution in [3.05, 3.63) is 71.6 Å². The van der Waals surface area contributed by atoms with Crippen molar-refractivity contribution in [2.75, 3.05) is 26.7 Å². The molecule has 0 spiro atoms. The van der Waals surface area contributed by atoms with Crippen LogP contribution in [0.4, 0.5) is 0 Å². The van der Waals surface area contributed by atoms with E-state index in [9.17, 15) is 10.1 Å². The fourth-order valence-electron chi connectivity index (χ4n) is 3.63. The predicted molar refractivity (Wildman–Crippen MR) is 111 cm³/mol. The van der Waals surface area contributed by atoms with E-state index >= 15 is 0 Å². The molecule has 2 heterocycles. The Balaban J connectivity index is 1.46. The molecule has 0 bridgehead atoms. The van der Waals surface area contributed by atoms with Crippen molar-refractivity contribution < 1.29 is 9.53 Å². The Labute approximate surface area is 169 Å². The lowest BCUT2D eigenvalue weighted by molar-refractivity contribution is 0.0963. The van der Waals surface area contributed by atoms with Gasteiger partial charge in [0.1, 0.15) is 24.1 Å². The molecule has 0 saturated heterocycles. The van der Waals surface area contributed by atoms with Crippen LogP contribution in [0.5, 0.6) is 5.75 Å². The number of carbonyl (C=O) groups excluding carboxylic acids is 1. The summed E-state index contributed by atoms with van der Waals surface area (Å²) < 4.78 is 7.36. The van der Waals surface area contributed by atoms with Gasteiger partial charge in [-0.25, -0.2) is 4.98 Å². The van der Waals surface area contributed by atoms with Gasteiger partial charge in [0.2, 0.25) is 0 Å². The van der Waals surface area contributed by atoms with Gasteiger partial charge < -0.3 is 4.74 Å². The van der Waals surface area contributed by atoms with E-state index in [1.807, 2.05) is 62.5 Å². The second kappa shape index (κ2) is 7.90. The maximum atomic E-state index is 12.7. The molecule has 0 fully saturated rings. The lowest BCUT2D eigenvalue weighted by atomic mass is 9.95. The number of nitrogens with zero attached hydrogens (tertiary/aromatic N) is 4. The molecule has 0 aliphatic carbocycles. The molecule has 146 valence electrons. The molecule has 1 aliphatic rings. The zero-order valence-corrected chi connectivity index (χ0v) is 16.5. The molecule has 0 amide bonds.